The lowest BCUT2D eigenvalue weighted by Gasteiger charge is -2.27. The molecule has 31 heavy (non-hydrogen) atoms. The van der Waals surface area contributed by atoms with Gasteiger partial charge < -0.3 is 37.6 Å². The molecule has 0 aromatic heterocycles. The first-order valence-electron chi connectivity index (χ1n) is 10.6. The fraction of sp³-hybridized carbons (Fsp3) is 0.800. The summed E-state index contributed by atoms with van der Waals surface area (Å²) in [5.74, 6) is -3.79. The molecule has 0 fully saturated rings. The van der Waals surface area contributed by atoms with Gasteiger partial charge in [0.25, 0.3) is 0 Å². The van der Waals surface area contributed by atoms with Gasteiger partial charge in [0.15, 0.2) is 0 Å². The SMILES string of the molecule is CC(C)C(N)C(=O)NC(C(=O)NC(CCCCN)C(=O)NC(C(=O)O)C(C)C)C(C)O. The summed E-state index contributed by atoms with van der Waals surface area (Å²) in [6.07, 6.45) is 0.0774. The molecule has 5 unspecified atom stereocenters. The Balaban J connectivity index is 5.44. The number of unbranched alkanes of at least 4 members (excludes halogenated alkanes) is 1. The highest BCUT2D eigenvalue weighted by atomic mass is 16.4. The quantitative estimate of drug-likeness (QED) is 0.160. The van der Waals surface area contributed by atoms with Gasteiger partial charge in [0.2, 0.25) is 17.7 Å². The molecule has 0 heterocycles. The van der Waals surface area contributed by atoms with Crippen LogP contribution in [0.3, 0.4) is 0 Å². The van der Waals surface area contributed by atoms with Crippen LogP contribution in [0.1, 0.15) is 53.9 Å². The minimum absolute atomic E-state index is 0.184. The highest BCUT2D eigenvalue weighted by Gasteiger charge is 2.33. The third-order valence-corrected chi connectivity index (χ3v) is 4.89. The number of nitrogens with two attached hydrogens (primary N) is 2. The zero-order valence-electron chi connectivity index (χ0n) is 19.1. The van der Waals surface area contributed by atoms with Crippen LogP contribution in [0.25, 0.3) is 0 Å². The van der Waals surface area contributed by atoms with Gasteiger partial charge in [-0.05, 0) is 44.6 Å². The second kappa shape index (κ2) is 13.9. The molecule has 9 N–H and O–H groups in total. The van der Waals surface area contributed by atoms with Crippen LogP contribution in [0.15, 0.2) is 0 Å². The molecular weight excluding hydrogens is 406 g/mol. The van der Waals surface area contributed by atoms with E-state index in [1.165, 1.54) is 6.92 Å². The van der Waals surface area contributed by atoms with E-state index < -0.39 is 54.0 Å². The summed E-state index contributed by atoms with van der Waals surface area (Å²) in [5.41, 5.74) is 11.3. The zero-order chi connectivity index (χ0) is 24.3. The lowest BCUT2D eigenvalue weighted by Crippen LogP contribution is -2.60. The molecule has 11 nitrogen and oxygen atoms in total. The maximum absolute atomic E-state index is 12.8. The summed E-state index contributed by atoms with van der Waals surface area (Å²) < 4.78 is 0. The Kier molecular flexibility index (Phi) is 12.9. The number of hydrogen-bond acceptors (Lipinski definition) is 7. The molecule has 5 atom stereocenters. The van der Waals surface area contributed by atoms with Crippen LogP contribution < -0.4 is 27.4 Å². The standard InChI is InChI=1S/C20H39N5O6/c1-10(2)14(22)18(28)25-16(12(5)26)19(29)23-13(8-6-7-9-21)17(27)24-15(11(3)4)20(30)31/h10-16,26H,6-9,21-22H2,1-5H3,(H,23,29)(H,24,27)(H,25,28)(H,30,31). The van der Waals surface area contributed by atoms with Gasteiger partial charge in [0.05, 0.1) is 12.1 Å². The molecule has 0 aliphatic rings. The van der Waals surface area contributed by atoms with Crippen molar-refractivity contribution in [1.29, 1.82) is 0 Å². The van der Waals surface area contributed by atoms with E-state index in [-0.39, 0.29) is 18.3 Å². The fourth-order valence-corrected chi connectivity index (χ4v) is 2.75. The molecule has 180 valence electrons. The van der Waals surface area contributed by atoms with E-state index >= 15 is 0 Å². The monoisotopic (exact) mass is 445 g/mol. The molecule has 11 heteroatoms. The Bertz CT molecular complexity index is 611. The van der Waals surface area contributed by atoms with Crippen molar-refractivity contribution in [2.24, 2.45) is 23.3 Å². The molecule has 0 bridgehead atoms. The number of aliphatic hydroxyl groups is 1. The van der Waals surface area contributed by atoms with Gasteiger partial charge in [-0.2, -0.15) is 0 Å². The maximum atomic E-state index is 12.8. The number of rotatable bonds is 14. The van der Waals surface area contributed by atoms with Crippen LogP contribution in [0.5, 0.6) is 0 Å². The van der Waals surface area contributed by atoms with E-state index in [1.807, 2.05) is 0 Å². The Morgan fingerprint density at radius 1 is 0.806 bits per heavy atom. The molecule has 0 saturated carbocycles. The highest BCUT2D eigenvalue weighted by molar-refractivity contribution is 5.94. The minimum Gasteiger partial charge on any atom is -0.480 e. The minimum atomic E-state index is -1.33. The summed E-state index contributed by atoms with van der Waals surface area (Å²) in [5, 5.41) is 26.7. The molecule has 0 saturated heterocycles. The van der Waals surface area contributed by atoms with Crippen molar-refractivity contribution in [3.8, 4) is 0 Å². The van der Waals surface area contributed by atoms with E-state index in [9.17, 15) is 29.4 Å². The predicted molar refractivity (Wildman–Crippen MR) is 116 cm³/mol. The number of carboxylic acid groups (broad SMARTS) is 1. The maximum Gasteiger partial charge on any atom is 0.326 e. The average molecular weight is 446 g/mol. The smallest absolute Gasteiger partial charge is 0.326 e. The van der Waals surface area contributed by atoms with E-state index in [2.05, 4.69) is 16.0 Å². The third-order valence-electron chi connectivity index (χ3n) is 4.89. The largest absolute Gasteiger partial charge is 0.480 e. The highest BCUT2D eigenvalue weighted by Crippen LogP contribution is 2.07. The van der Waals surface area contributed by atoms with Crippen molar-refractivity contribution >= 4 is 23.7 Å². The summed E-state index contributed by atoms with van der Waals surface area (Å²) in [4.78, 5) is 49.1. The number of amides is 3. The number of nitrogens with one attached hydrogen (secondary N) is 3. The number of aliphatic hydroxyl groups excluding tert-OH is 1. The number of hydrogen-bond donors (Lipinski definition) is 7. The van der Waals surface area contributed by atoms with Gasteiger partial charge in [-0.25, -0.2) is 4.79 Å². The zero-order valence-corrected chi connectivity index (χ0v) is 19.1. The van der Waals surface area contributed by atoms with Gasteiger partial charge in [-0.1, -0.05) is 27.7 Å². The molecule has 0 spiro atoms. The Morgan fingerprint density at radius 3 is 1.77 bits per heavy atom. The second-order valence-corrected chi connectivity index (χ2v) is 8.41. The van der Waals surface area contributed by atoms with Crippen molar-refractivity contribution in [3.63, 3.8) is 0 Å². The molecule has 0 radical (unpaired) electrons. The Hall–Kier alpha value is -2.24. The number of aliphatic carboxylic acids is 1. The van der Waals surface area contributed by atoms with Gasteiger partial charge >= 0.3 is 5.97 Å². The second-order valence-electron chi connectivity index (χ2n) is 8.41. The van der Waals surface area contributed by atoms with E-state index in [0.29, 0.717) is 19.4 Å². The van der Waals surface area contributed by atoms with E-state index in [4.69, 9.17) is 11.5 Å². The van der Waals surface area contributed by atoms with Gasteiger partial charge in [-0.3, -0.25) is 14.4 Å². The van der Waals surface area contributed by atoms with Gasteiger partial charge in [0, 0.05) is 0 Å². The van der Waals surface area contributed by atoms with Crippen LogP contribution in [-0.4, -0.2) is 70.7 Å². The number of carboxylic acids is 1. The van der Waals surface area contributed by atoms with Crippen molar-refractivity contribution in [2.45, 2.75) is 84.2 Å². The van der Waals surface area contributed by atoms with Crippen LogP contribution >= 0.6 is 0 Å². The van der Waals surface area contributed by atoms with Crippen LogP contribution in [0, 0.1) is 11.8 Å². The van der Waals surface area contributed by atoms with E-state index in [1.54, 1.807) is 27.7 Å². The van der Waals surface area contributed by atoms with Crippen LogP contribution in [0.2, 0.25) is 0 Å². The van der Waals surface area contributed by atoms with Gasteiger partial charge in [0.1, 0.15) is 18.1 Å². The Morgan fingerprint density at radius 2 is 1.35 bits per heavy atom. The first-order valence-corrected chi connectivity index (χ1v) is 10.6. The summed E-state index contributed by atoms with van der Waals surface area (Å²) in [7, 11) is 0. The molecular formula is C20H39N5O6. The van der Waals surface area contributed by atoms with Crippen molar-refractivity contribution < 1.29 is 29.4 Å². The summed E-state index contributed by atoms with van der Waals surface area (Å²) >= 11 is 0. The molecule has 0 aromatic carbocycles. The van der Waals surface area contributed by atoms with Crippen molar-refractivity contribution in [3.05, 3.63) is 0 Å². The first-order chi connectivity index (χ1) is 14.3. The summed E-state index contributed by atoms with van der Waals surface area (Å²) in [6, 6.07) is -4.39. The predicted octanol–water partition coefficient (Wildman–Crippen LogP) is -1.33. The number of carbonyl (C=O) groups excluding carboxylic acids is 3. The van der Waals surface area contributed by atoms with Crippen molar-refractivity contribution in [1.82, 2.24) is 16.0 Å². The average Bonchev–Trinajstić information content (AvgIpc) is 2.67. The fourth-order valence-electron chi connectivity index (χ4n) is 2.75. The summed E-state index contributed by atoms with van der Waals surface area (Å²) in [6.45, 7) is 8.51. The lowest BCUT2D eigenvalue weighted by atomic mass is 10.0. The van der Waals surface area contributed by atoms with Gasteiger partial charge in [-0.15, -0.1) is 0 Å². The molecule has 3 amide bonds. The number of carbonyl (C=O) groups is 4. The Labute approximate surface area is 183 Å². The molecule has 0 rings (SSSR count). The van der Waals surface area contributed by atoms with E-state index in [0.717, 1.165) is 0 Å². The van der Waals surface area contributed by atoms with Crippen LogP contribution in [0.4, 0.5) is 0 Å². The topological polar surface area (TPSA) is 197 Å². The third kappa shape index (κ3) is 10.1. The molecule has 0 aromatic rings. The first kappa shape index (κ1) is 28.8. The lowest BCUT2D eigenvalue weighted by molar-refractivity contribution is -0.143. The van der Waals surface area contributed by atoms with Crippen LogP contribution in [-0.2, 0) is 19.2 Å². The molecule has 0 aliphatic carbocycles. The molecule has 0 aliphatic heterocycles. The van der Waals surface area contributed by atoms with Crippen molar-refractivity contribution in [2.75, 3.05) is 6.54 Å². The normalized spacial score (nSPS) is 16.2.